The van der Waals surface area contributed by atoms with E-state index in [1.165, 1.54) is 12.8 Å². The minimum absolute atomic E-state index is 0.123. The fraction of sp³-hybridized carbons (Fsp3) is 0.929. The Bertz CT molecular complexity index is 259. The second-order valence-electron chi connectivity index (χ2n) is 5.54. The van der Waals surface area contributed by atoms with Gasteiger partial charge in [0.15, 0.2) is 0 Å². The zero-order valence-electron chi connectivity index (χ0n) is 11.5. The molecule has 0 saturated carbocycles. The number of carbonyl (C=O) groups is 1. The number of nitrogens with zero attached hydrogens (tertiary/aromatic N) is 1. The fourth-order valence-corrected chi connectivity index (χ4v) is 2.92. The smallest absolute Gasteiger partial charge is 0.228 e. The SMILES string of the molecule is CCCN(CC1CCNCC1)C(=O)C1CCOC1. The van der Waals surface area contributed by atoms with Crippen molar-refractivity contribution in [2.75, 3.05) is 39.4 Å². The Morgan fingerprint density at radius 1 is 1.33 bits per heavy atom. The molecule has 104 valence electrons. The van der Waals surface area contributed by atoms with Crippen LogP contribution in [0.4, 0.5) is 0 Å². The number of piperidine rings is 1. The van der Waals surface area contributed by atoms with Crippen LogP contribution in [0.15, 0.2) is 0 Å². The highest BCUT2D eigenvalue weighted by atomic mass is 16.5. The lowest BCUT2D eigenvalue weighted by molar-refractivity contribution is -0.136. The molecule has 1 unspecified atom stereocenters. The second kappa shape index (κ2) is 7.10. The molecule has 2 heterocycles. The Kier molecular flexibility index (Phi) is 5.45. The number of ether oxygens (including phenoxy) is 1. The molecule has 1 atom stereocenters. The maximum atomic E-state index is 12.4. The average Bonchev–Trinajstić information content (AvgIpc) is 2.92. The quantitative estimate of drug-likeness (QED) is 0.803. The van der Waals surface area contributed by atoms with E-state index in [0.29, 0.717) is 18.4 Å². The molecule has 0 aromatic rings. The number of nitrogens with one attached hydrogen (secondary N) is 1. The van der Waals surface area contributed by atoms with E-state index in [1.54, 1.807) is 0 Å². The fourth-order valence-electron chi connectivity index (χ4n) is 2.92. The Balaban J connectivity index is 1.87. The van der Waals surface area contributed by atoms with Crippen molar-refractivity contribution >= 4 is 5.91 Å². The van der Waals surface area contributed by atoms with Crippen LogP contribution in [-0.4, -0.2) is 50.2 Å². The lowest BCUT2D eigenvalue weighted by atomic mass is 9.96. The van der Waals surface area contributed by atoms with Crippen LogP contribution in [0.25, 0.3) is 0 Å². The van der Waals surface area contributed by atoms with E-state index in [4.69, 9.17) is 4.74 Å². The molecule has 2 aliphatic rings. The van der Waals surface area contributed by atoms with Crippen molar-refractivity contribution in [1.29, 1.82) is 0 Å². The van der Waals surface area contributed by atoms with Gasteiger partial charge in [-0.1, -0.05) is 6.92 Å². The maximum Gasteiger partial charge on any atom is 0.228 e. The van der Waals surface area contributed by atoms with E-state index in [1.807, 2.05) is 0 Å². The minimum Gasteiger partial charge on any atom is -0.381 e. The average molecular weight is 254 g/mol. The summed E-state index contributed by atoms with van der Waals surface area (Å²) in [6, 6.07) is 0. The summed E-state index contributed by atoms with van der Waals surface area (Å²) in [5.41, 5.74) is 0. The lowest BCUT2D eigenvalue weighted by Crippen LogP contribution is -2.42. The van der Waals surface area contributed by atoms with Gasteiger partial charge in [-0.25, -0.2) is 0 Å². The van der Waals surface area contributed by atoms with Crippen molar-refractivity contribution in [1.82, 2.24) is 10.2 Å². The molecular weight excluding hydrogens is 228 g/mol. The molecular formula is C14H26N2O2. The van der Waals surface area contributed by atoms with Crippen molar-refractivity contribution in [3.8, 4) is 0 Å². The first-order valence-electron chi connectivity index (χ1n) is 7.38. The van der Waals surface area contributed by atoms with E-state index in [2.05, 4.69) is 17.1 Å². The normalized spacial score (nSPS) is 25.3. The zero-order valence-corrected chi connectivity index (χ0v) is 11.5. The Morgan fingerprint density at radius 2 is 2.11 bits per heavy atom. The Labute approximate surface area is 110 Å². The minimum atomic E-state index is 0.123. The highest BCUT2D eigenvalue weighted by Gasteiger charge is 2.29. The van der Waals surface area contributed by atoms with E-state index in [0.717, 1.165) is 45.6 Å². The lowest BCUT2D eigenvalue weighted by Gasteiger charge is -2.31. The van der Waals surface area contributed by atoms with Gasteiger partial charge in [0.05, 0.1) is 12.5 Å². The molecule has 2 rings (SSSR count). The van der Waals surface area contributed by atoms with E-state index in [9.17, 15) is 4.79 Å². The third kappa shape index (κ3) is 3.69. The molecule has 2 saturated heterocycles. The van der Waals surface area contributed by atoms with Crippen molar-refractivity contribution < 1.29 is 9.53 Å². The standard InChI is InChI=1S/C14H26N2O2/c1-2-8-16(10-12-3-6-15-7-4-12)14(17)13-5-9-18-11-13/h12-13,15H,2-11H2,1H3. The van der Waals surface area contributed by atoms with Crippen LogP contribution in [0.2, 0.25) is 0 Å². The first kappa shape index (κ1) is 13.8. The van der Waals surface area contributed by atoms with Crippen LogP contribution in [0.3, 0.4) is 0 Å². The highest BCUT2D eigenvalue weighted by molar-refractivity contribution is 5.79. The van der Waals surface area contributed by atoms with Gasteiger partial charge < -0.3 is 15.0 Å². The van der Waals surface area contributed by atoms with Gasteiger partial charge in [-0.15, -0.1) is 0 Å². The molecule has 0 spiro atoms. The number of hydrogen-bond acceptors (Lipinski definition) is 3. The van der Waals surface area contributed by atoms with Gasteiger partial charge in [0.25, 0.3) is 0 Å². The van der Waals surface area contributed by atoms with Gasteiger partial charge in [0.2, 0.25) is 5.91 Å². The molecule has 0 bridgehead atoms. The number of amides is 1. The summed E-state index contributed by atoms with van der Waals surface area (Å²) in [4.78, 5) is 14.5. The molecule has 1 amide bonds. The third-order valence-electron chi connectivity index (χ3n) is 4.02. The molecule has 0 aromatic carbocycles. The predicted octanol–water partition coefficient (Wildman–Crippen LogP) is 1.26. The molecule has 4 nitrogen and oxygen atoms in total. The molecule has 18 heavy (non-hydrogen) atoms. The van der Waals surface area contributed by atoms with Crippen molar-refractivity contribution in [2.45, 2.75) is 32.6 Å². The molecule has 0 aliphatic carbocycles. The summed E-state index contributed by atoms with van der Waals surface area (Å²) in [6.07, 6.45) is 4.36. The van der Waals surface area contributed by atoms with Crippen LogP contribution in [0.5, 0.6) is 0 Å². The first-order chi connectivity index (χ1) is 8.81. The summed E-state index contributed by atoms with van der Waals surface area (Å²) in [7, 11) is 0. The van der Waals surface area contributed by atoms with Gasteiger partial charge in [-0.3, -0.25) is 4.79 Å². The van der Waals surface area contributed by atoms with Gasteiger partial charge in [-0.05, 0) is 44.7 Å². The van der Waals surface area contributed by atoms with Gasteiger partial charge >= 0.3 is 0 Å². The van der Waals surface area contributed by atoms with Crippen LogP contribution >= 0.6 is 0 Å². The Hall–Kier alpha value is -0.610. The van der Waals surface area contributed by atoms with E-state index >= 15 is 0 Å². The van der Waals surface area contributed by atoms with Crippen LogP contribution in [0, 0.1) is 11.8 Å². The van der Waals surface area contributed by atoms with E-state index < -0.39 is 0 Å². The Morgan fingerprint density at radius 3 is 2.72 bits per heavy atom. The topological polar surface area (TPSA) is 41.6 Å². The van der Waals surface area contributed by atoms with Crippen LogP contribution in [-0.2, 0) is 9.53 Å². The summed E-state index contributed by atoms with van der Waals surface area (Å²) < 4.78 is 5.34. The number of carbonyl (C=O) groups excluding carboxylic acids is 1. The van der Waals surface area contributed by atoms with Crippen molar-refractivity contribution in [3.63, 3.8) is 0 Å². The largest absolute Gasteiger partial charge is 0.381 e. The second-order valence-corrected chi connectivity index (χ2v) is 5.54. The molecule has 0 radical (unpaired) electrons. The summed E-state index contributed by atoms with van der Waals surface area (Å²) in [5, 5.41) is 3.38. The van der Waals surface area contributed by atoms with Crippen molar-refractivity contribution in [3.05, 3.63) is 0 Å². The van der Waals surface area contributed by atoms with Gasteiger partial charge in [-0.2, -0.15) is 0 Å². The number of rotatable bonds is 5. The van der Waals surface area contributed by atoms with E-state index in [-0.39, 0.29) is 5.92 Å². The highest BCUT2D eigenvalue weighted by Crippen LogP contribution is 2.19. The zero-order chi connectivity index (χ0) is 12.8. The maximum absolute atomic E-state index is 12.4. The molecule has 2 aliphatic heterocycles. The monoisotopic (exact) mass is 254 g/mol. The summed E-state index contributed by atoms with van der Waals surface area (Å²) in [5.74, 6) is 1.13. The molecule has 1 N–H and O–H groups in total. The molecule has 4 heteroatoms. The summed E-state index contributed by atoms with van der Waals surface area (Å²) in [6.45, 7) is 7.59. The molecule has 0 aromatic heterocycles. The first-order valence-corrected chi connectivity index (χ1v) is 7.38. The van der Waals surface area contributed by atoms with Crippen molar-refractivity contribution in [2.24, 2.45) is 11.8 Å². The number of hydrogen-bond donors (Lipinski definition) is 1. The van der Waals surface area contributed by atoms with Gasteiger partial charge in [0.1, 0.15) is 0 Å². The molecule has 2 fully saturated rings. The third-order valence-corrected chi connectivity index (χ3v) is 4.02. The van der Waals surface area contributed by atoms with Crippen LogP contribution < -0.4 is 5.32 Å². The van der Waals surface area contributed by atoms with Crippen LogP contribution in [0.1, 0.15) is 32.6 Å². The van der Waals surface area contributed by atoms with Gasteiger partial charge in [0, 0.05) is 19.7 Å². The summed E-state index contributed by atoms with van der Waals surface area (Å²) >= 11 is 0. The predicted molar refractivity (Wildman–Crippen MR) is 71.4 cm³/mol.